The summed E-state index contributed by atoms with van der Waals surface area (Å²) in [4.78, 5) is 13.0. The molecule has 0 aliphatic carbocycles. The molecule has 2 amide bonds. The van der Waals surface area contributed by atoms with E-state index in [9.17, 15) is 4.79 Å². The average Bonchev–Trinajstić information content (AvgIpc) is 2.55. The second kappa shape index (κ2) is 3.00. The Kier molecular flexibility index (Phi) is 1.76. The van der Waals surface area contributed by atoms with E-state index in [4.69, 9.17) is 5.73 Å². The first-order valence-corrected chi connectivity index (χ1v) is 5.22. The molecule has 2 bridgehead atoms. The van der Waals surface area contributed by atoms with Gasteiger partial charge in [0.15, 0.2) is 0 Å². The van der Waals surface area contributed by atoms with E-state index in [2.05, 4.69) is 16.7 Å². The molecule has 0 aromatic rings. The number of hydrogen-bond acceptors (Lipinski definition) is 3. The minimum Gasteiger partial charge on any atom is -0.375 e. The minimum atomic E-state index is -0.343. The third kappa shape index (κ3) is 1.16. The number of urea groups is 1. The molecule has 15 heavy (non-hydrogen) atoms. The molecule has 0 spiro atoms. The molecule has 4 N–H and O–H groups in total. The summed E-state index contributed by atoms with van der Waals surface area (Å²) in [5.41, 5.74) is 7.57. The van der Waals surface area contributed by atoms with Crippen LogP contribution in [0.15, 0.2) is 23.5 Å². The second-order valence-electron chi connectivity index (χ2n) is 4.15. The van der Waals surface area contributed by atoms with E-state index < -0.39 is 0 Å². The van der Waals surface area contributed by atoms with Crippen molar-refractivity contribution in [2.24, 2.45) is 11.7 Å². The first-order valence-electron chi connectivity index (χ1n) is 5.22. The van der Waals surface area contributed by atoms with Gasteiger partial charge in [0.2, 0.25) is 0 Å². The van der Waals surface area contributed by atoms with Crippen LogP contribution in [0.1, 0.15) is 6.42 Å². The topological polar surface area (TPSA) is 70.4 Å². The molecule has 0 aromatic carbocycles. The van der Waals surface area contributed by atoms with Crippen molar-refractivity contribution in [3.8, 4) is 0 Å². The number of nitrogens with one attached hydrogen (secondary N) is 2. The van der Waals surface area contributed by atoms with Gasteiger partial charge in [0.1, 0.15) is 0 Å². The van der Waals surface area contributed by atoms with Crippen molar-refractivity contribution in [3.05, 3.63) is 23.5 Å². The van der Waals surface area contributed by atoms with E-state index in [0.29, 0.717) is 5.92 Å². The number of allylic oxidation sites excluding steroid dienone is 1. The molecule has 3 heterocycles. The lowest BCUT2D eigenvalue weighted by molar-refractivity contribution is 0.185. The van der Waals surface area contributed by atoms with Crippen molar-refractivity contribution < 1.29 is 4.79 Å². The Morgan fingerprint density at radius 1 is 1.60 bits per heavy atom. The molecule has 0 saturated carbocycles. The fourth-order valence-corrected chi connectivity index (χ4v) is 2.69. The van der Waals surface area contributed by atoms with Gasteiger partial charge in [-0.15, -0.1) is 0 Å². The van der Waals surface area contributed by atoms with Crippen LogP contribution in [-0.4, -0.2) is 30.2 Å². The minimum absolute atomic E-state index is 0.206. The Balaban J connectivity index is 1.98. The van der Waals surface area contributed by atoms with E-state index in [-0.39, 0.29) is 12.1 Å². The molecular formula is C10H14N4O. The molecule has 1 fully saturated rings. The van der Waals surface area contributed by atoms with Crippen molar-refractivity contribution >= 4 is 6.03 Å². The maximum Gasteiger partial charge on any atom is 0.319 e. The monoisotopic (exact) mass is 206 g/mol. The smallest absolute Gasteiger partial charge is 0.319 e. The summed E-state index contributed by atoms with van der Waals surface area (Å²) in [6.07, 6.45) is 5.04. The van der Waals surface area contributed by atoms with Crippen molar-refractivity contribution in [2.75, 3.05) is 13.2 Å². The largest absolute Gasteiger partial charge is 0.375 e. The first-order chi connectivity index (χ1) is 7.27. The highest BCUT2D eigenvalue weighted by Crippen LogP contribution is 2.36. The number of rotatable bonds is 0. The average molecular weight is 206 g/mol. The first kappa shape index (κ1) is 8.79. The summed E-state index contributed by atoms with van der Waals surface area (Å²) in [6, 6.07) is -0.137. The molecule has 2 atom stereocenters. The van der Waals surface area contributed by atoms with Crippen LogP contribution >= 0.6 is 0 Å². The molecule has 80 valence electrons. The SMILES string of the molecule is NC(=O)N1C2=CCC1C1CNCNC1=C2. The van der Waals surface area contributed by atoms with Crippen LogP contribution in [0.3, 0.4) is 0 Å². The van der Waals surface area contributed by atoms with Crippen LogP contribution in [0.2, 0.25) is 0 Å². The van der Waals surface area contributed by atoms with Gasteiger partial charge in [0, 0.05) is 23.9 Å². The lowest BCUT2D eigenvalue weighted by atomic mass is 9.91. The quantitative estimate of drug-likeness (QED) is 0.509. The van der Waals surface area contributed by atoms with Crippen molar-refractivity contribution in [1.29, 1.82) is 0 Å². The van der Waals surface area contributed by atoms with Gasteiger partial charge in [-0.1, -0.05) is 6.08 Å². The standard InChI is InChI=1S/C10H14N4O/c11-10(15)14-6-1-2-9(14)7-4-12-5-13-8(7)3-6/h1,3,7,9,12-13H,2,4-5H2,(H2,11,15). The number of carbonyl (C=O) groups excluding carboxylic acids is 1. The Labute approximate surface area is 88.0 Å². The number of nitrogens with zero attached hydrogens (tertiary/aromatic N) is 1. The number of fused-ring (bicyclic) bond motifs is 4. The van der Waals surface area contributed by atoms with Gasteiger partial charge < -0.3 is 11.1 Å². The highest BCUT2D eigenvalue weighted by molar-refractivity contribution is 5.76. The Hall–Kier alpha value is -1.49. The molecule has 2 unspecified atom stereocenters. The zero-order chi connectivity index (χ0) is 10.4. The van der Waals surface area contributed by atoms with E-state index in [1.54, 1.807) is 4.90 Å². The van der Waals surface area contributed by atoms with Gasteiger partial charge in [0.05, 0.1) is 12.7 Å². The normalized spacial score (nSPS) is 32.7. The summed E-state index contributed by atoms with van der Waals surface area (Å²) < 4.78 is 0. The number of amides is 2. The maximum absolute atomic E-state index is 11.3. The fourth-order valence-electron chi connectivity index (χ4n) is 2.69. The van der Waals surface area contributed by atoms with E-state index in [1.807, 2.05) is 6.08 Å². The van der Waals surface area contributed by atoms with Crippen molar-refractivity contribution in [1.82, 2.24) is 15.5 Å². The van der Waals surface area contributed by atoms with Crippen molar-refractivity contribution in [2.45, 2.75) is 12.5 Å². The molecule has 3 rings (SSSR count). The molecule has 1 saturated heterocycles. The van der Waals surface area contributed by atoms with E-state index >= 15 is 0 Å². The summed E-state index contributed by atoms with van der Waals surface area (Å²) in [6.45, 7) is 1.72. The Morgan fingerprint density at radius 3 is 3.27 bits per heavy atom. The highest BCUT2D eigenvalue weighted by atomic mass is 16.2. The van der Waals surface area contributed by atoms with Crippen LogP contribution in [0, 0.1) is 5.92 Å². The number of carbonyl (C=O) groups is 1. The predicted molar refractivity (Wildman–Crippen MR) is 55.5 cm³/mol. The molecule has 3 aliphatic rings. The zero-order valence-electron chi connectivity index (χ0n) is 8.36. The fraction of sp³-hybridized carbons (Fsp3) is 0.500. The highest BCUT2D eigenvalue weighted by Gasteiger charge is 2.41. The van der Waals surface area contributed by atoms with E-state index in [0.717, 1.165) is 25.3 Å². The van der Waals surface area contributed by atoms with Gasteiger partial charge in [-0.2, -0.15) is 0 Å². The maximum atomic E-state index is 11.3. The molecule has 5 nitrogen and oxygen atoms in total. The van der Waals surface area contributed by atoms with Crippen LogP contribution < -0.4 is 16.4 Å². The van der Waals surface area contributed by atoms with Crippen LogP contribution in [0.5, 0.6) is 0 Å². The lowest BCUT2D eigenvalue weighted by Crippen LogP contribution is -2.54. The summed E-state index contributed by atoms with van der Waals surface area (Å²) in [5.74, 6) is 0.355. The summed E-state index contributed by atoms with van der Waals surface area (Å²) >= 11 is 0. The number of primary amides is 1. The number of nitrogens with two attached hydrogens (primary N) is 1. The van der Waals surface area contributed by atoms with Gasteiger partial charge in [-0.05, 0) is 12.5 Å². The van der Waals surface area contributed by atoms with Crippen LogP contribution in [0.4, 0.5) is 4.79 Å². The lowest BCUT2D eigenvalue weighted by Gasteiger charge is -2.40. The Bertz CT molecular complexity index is 374. The second-order valence-corrected chi connectivity index (χ2v) is 4.15. The molecule has 0 aromatic heterocycles. The molecule has 3 aliphatic heterocycles. The molecule has 5 heteroatoms. The third-order valence-electron chi connectivity index (χ3n) is 3.36. The number of hydrogen-bond donors (Lipinski definition) is 3. The predicted octanol–water partition coefficient (Wildman–Crippen LogP) is -0.313. The van der Waals surface area contributed by atoms with Gasteiger partial charge in [-0.25, -0.2) is 4.79 Å². The molecular weight excluding hydrogens is 192 g/mol. The van der Waals surface area contributed by atoms with E-state index in [1.165, 1.54) is 5.70 Å². The Morgan fingerprint density at radius 2 is 2.47 bits per heavy atom. The molecule has 0 radical (unpaired) electrons. The summed E-state index contributed by atoms with van der Waals surface area (Å²) in [5, 5.41) is 6.58. The summed E-state index contributed by atoms with van der Waals surface area (Å²) in [7, 11) is 0. The van der Waals surface area contributed by atoms with Crippen molar-refractivity contribution in [3.63, 3.8) is 0 Å². The van der Waals surface area contributed by atoms with Crippen LogP contribution in [-0.2, 0) is 0 Å². The van der Waals surface area contributed by atoms with Crippen LogP contribution in [0.25, 0.3) is 0 Å². The van der Waals surface area contributed by atoms with Gasteiger partial charge in [-0.3, -0.25) is 10.2 Å². The van der Waals surface area contributed by atoms with Gasteiger partial charge >= 0.3 is 6.03 Å². The zero-order valence-corrected chi connectivity index (χ0v) is 8.36. The van der Waals surface area contributed by atoms with Gasteiger partial charge in [0.25, 0.3) is 0 Å². The third-order valence-corrected chi connectivity index (χ3v) is 3.36.